The molecule has 25 heavy (non-hydrogen) atoms. The quantitative estimate of drug-likeness (QED) is 0.815. The molecule has 7 nitrogen and oxygen atoms in total. The Balaban J connectivity index is 1.49. The molecule has 134 valence electrons. The predicted octanol–water partition coefficient (Wildman–Crippen LogP) is 1.56. The van der Waals surface area contributed by atoms with Crippen LogP contribution in [0.15, 0.2) is 24.3 Å². The summed E-state index contributed by atoms with van der Waals surface area (Å²) in [6.07, 6.45) is 3.15. The van der Waals surface area contributed by atoms with Gasteiger partial charge < -0.3 is 20.1 Å². The number of carbonyl (C=O) groups excluding carboxylic acids is 2. The van der Waals surface area contributed by atoms with E-state index in [0.717, 1.165) is 12.1 Å². The summed E-state index contributed by atoms with van der Waals surface area (Å²) in [7, 11) is 0. The molecule has 1 aliphatic carbocycles. The second kappa shape index (κ2) is 7.55. The number of aliphatic carboxylic acids is 1. The van der Waals surface area contributed by atoms with Gasteiger partial charge in [0, 0.05) is 30.8 Å². The molecule has 2 amide bonds. The molecule has 1 heterocycles. The Morgan fingerprint density at radius 3 is 2.84 bits per heavy atom. The van der Waals surface area contributed by atoms with Crippen molar-refractivity contribution in [2.45, 2.75) is 38.1 Å². The highest BCUT2D eigenvalue weighted by Gasteiger charge is 2.30. The Bertz CT molecular complexity index is 675. The van der Waals surface area contributed by atoms with Crippen molar-refractivity contribution in [2.24, 2.45) is 5.92 Å². The Labute approximate surface area is 146 Å². The molecule has 0 radical (unpaired) electrons. The lowest BCUT2D eigenvalue weighted by molar-refractivity contribution is -0.141. The lowest BCUT2D eigenvalue weighted by Gasteiger charge is -2.17. The number of rotatable bonds is 6. The Morgan fingerprint density at radius 2 is 2.16 bits per heavy atom. The number of benzene rings is 1. The van der Waals surface area contributed by atoms with E-state index in [4.69, 9.17) is 9.84 Å². The van der Waals surface area contributed by atoms with Crippen LogP contribution in [0.3, 0.4) is 0 Å². The SMILES string of the molecule is O=C(COc1cccc(N2CCCC2=O)c1)N[C@@H]1CC[C@H](C(=O)O)C1. The van der Waals surface area contributed by atoms with E-state index in [-0.39, 0.29) is 30.4 Å². The summed E-state index contributed by atoms with van der Waals surface area (Å²) >= 11 is 0. The molecule has 2 atom stereocenters. The molecule has 1 saturated heterocycles. The van der Waals surface area contributed by atoms with Crippen LogP contribution in [-0.4, -0.2) is 42.1 Å². The van der Waals surface area contributed by atoms with Gasteiger partial charge in [-0.25, -0.2) is 0 Å². The topological polar surface area (TPSA) is 95.9 Å². The molecule has 3 rings (SSSR count). The average molecular weight is 346 g/mol. The molecule has 0 bridgehead atoms. The summed E-state index contributed by atoms with van der Waals surface area (Å²) < 4.78 is 5.52. The fourth-order valence-electron chi connectivity index (χ4n) is 3.42. The van der Waals surface area contributed by atoms with Gasteiger partial charge in [-0.1, -0.05) is 6.07 Å². The van der Waals surface area contributed by atoms with Gasteiger partial charge in [0.2, 0.25) is 5.91 Å². The molecule has 1 aromatic carbocycles. The molecule has 2 N–H and O–H groups in total. The first-order valence-electron chi connectivity index (χ1n) is 8.58. The van der Waals surface area contributed by atoms with Gasteiger partial charge in [0.25, 0.3) is 5.91 Å². The first kappa shape index (κ1) is 17.3. The van der Waals surface area contributed by atoms with Crippen molar-refractivity contribution in [3.8, 4) is 5.75 Å². The lowest BCUT2D eigenvalue weighted by atomic mass is 10.1. The van der Waals surface area contributed by atoms with Crippen LogP contribution in [0, 0.1) is 5.92 Å². The first-order chi connectivity index (χ1) is 12.0. The van der Waals surface area contributed by atoms with Crippen LogP contribution >= 0.6 is 0 Å². The van der Waals surface area contributed by atoms with Gasteiger partial charge in [0.05, 0.1) is 5.92 Å². The van der Waals surface area contributed by atoms with Crippen molar-refractivity contribution in [1.82, 2.24) is 5.32 Å². The molecular formula is C18H22N2O5. The van der Waals surface area contributed by atoms with E-state index in [1.54, 1.807) is 23.1 Å². The minimum absolute atomic E-state index is 0.101. The Hall–Kier alpha value is -2.57. The van der Waals surface area contributed by atoms with E-state index in [0.29, 0.717) is 38.0 Å². The highest BCUT2D eigenvalue weighted by Crippen LogP contribution is 2.26. The minimum Gasteiger partial charge on any atom is -0.484 e. The van der Waals surface area contributed by atoms with Gasteiger partial charge in [0.15, 0.2) is 6.61 Å². The summed E-state index contributed by atoms with van der Waals surface area (Å²) in [6.45, 7) is 0.570. The second-order valence-corrected chi connectivity index (χ2v) is 6.55. The number of amides is 2. The van der Waals surface area contributed by atoms with Crippen LogP contribution in [0.4, 0.5) is 5.69 Å². The van der Waals surface area contributed by atoms with Crippen LogP contribution in [0.5, 0.6) is 5.75 Å². The third-order valence-electron chi connectivity index (χ3n) is 4.72. The van der Waals surface area contributed by atoms with Gasteiger partial charge in [-0.3, -0.25) is 14.4 Å². The average Bonchev–Trinajstić information content (AvgIpc) is 3.22. The van der Waals surface area contributed by atoms with Crippen molar-refractivity contribution in [3.05, 3.63) is 24.3 Å². The fraction of sp³-hybridized carbons (Fsp3) is 0.500. The molecular weight excluding hydrogens is 324 g/mol. The molecule has 0 unspecified atom stereocenters. The molecule has 2 aliphatic rings. The summed E-state index contributed by atoms with van der Waals surface area (Å²) in [5, 5.41) is 11.8. The maximum atomic E-state index is 12.0. The van der Waals surface area contributed by atoms with Gasteiger partial charge in [-0.05, 0) is 37.8 Å². The summed E-state index contributed by atoms with van der Waals surface area (Å²) in [6, 6.07) is 7.04. The number of nitrogens with one attached hydrogen (secondary N) is 1. The minimum atomic E-state index is -0.804. The molecule has 1 aliphatic heterocycles. The van der Waals surface area contributed by atoms with Crippen LogP contribution < -0.4 is 15.0 Å². The number of hydrogen-bond acceptors (Lipinski definition) is 4. The number of carboxylic acids is 1. The highest BCUT2D eigenvalue weighted by atomic mass is 16.5. The number of ether oxygens (including phenoxy) is 1. The summed E-state index contributed by atoms with van der Waals surface area (Å²) in [5.41, 5.74) is 0.778. The molecule has 0 spiro atoms. The zero-order valence-corrected chi connectivity index (χ0v) is 13.9. The third kappa shape index (κ3) is 4.29. The lowest BCUT2D eigenvalue weighted by Crippen LogP contribution is -2.36. The smallest absolute Gasteiger partial charge is 0.306 e. The molecule has 1 saturated carbocycles. The van der Waals surface area contributed by atoms with Crippen molar-refractivity contribution in [3.63, 3.8) is 0 Å². The number of nitrogens with zero attached hydrogens (tertiary/aromatic N) is 1. The number of carboxylic acid groups (broad SMARTS) is 1. The largest absolute Gasteiger partial charge is 0.484 e. The number of carbonyl (C=O) groups is 3. The maximum Gasteiger partial charge on any atom is 0.306 e. The Kier molecular flexibility index (Phi) is 5.21. The second-order valence-electron chi connectivity index (χ2n) is 6.55. The normalized spacial score (nSPS) is 22.9. The van der Waals surface area contributed by atoms with Gasteiger partial charge in [-0.2, -0.15) is 0 Å². The van der Waals surface area contributed by atoms with E-state index in [1.165, 1.54) is 0 Å². The molecule has 7 heteroatoms. The van der Waals surface area contributed by atoms with Crippen LogP contribution in [0.2, 0.25) is 0 Å². The van der Waals surface area contributed by atoms with E-state index in [1.807, 2.05) is 6.07 Å². The van der Waals surface area contributed by atoms with E-state index in [9.17, 15) is 14.4 Å². The monoisotopic (exact) mass is 346 g/mol. The van der Waals surface area contributed by atoms with E-state index in [2.05, 4.69) is 5.32 Å². The summed E-state index contributed by atoms with van der Waals surface area (Å²) in [4.78, 5) is 36.5. The number of hydrogen-bond donors (Lipinski definition) is 2. The highest BCUT2D eigenvalue weighted by molar-refractivity contribution is 5.95. The maximum absolute atomic E-state index is 12.0. The zero-order valence-electron chi connectivity index (χ0n) is 13.9. The van der Waals surface area contributed by atoms with Gasteiger partial charge in [0.1, 0.15) is 5.75 Å². The third-order valence-corrected chi connectivity index (χ3v) is 4.72. The van der Waals surface area contributed by atoms with Crippen molar-refractivity contribution in [2.75, 3.05) is 18.1 Å². The molecule has 2 fully saturated rings. The number of anilines is 1. The van der Waals surface area contributed by atoms with Crippen molar-refractivity contribution < 1.29 is 24.2 Å². The van der Waals surface area contributed by atoms with Crippen molar-refractivity contribution in [1.29, 1.82) is 0 Å². The van der Waals surface area contributed by atoms with Crippen LogP contribution in [0.25, 0.3) is 0 Å². The summed E-state index contributed by atoms with van der Waals surface area (Å²) in [5.74, 6) is -0.813. The van der Waals surface area contributed by atoms with E-state index < -0.39 is 5.97 Å². The standard InChI is InChI=1S/C18H22N2O5/c21-16(19-13-7-6-12(9-13)18(23)24)11-25-15-4-1-3-14(10-15)20-8-2-5-17(20)22/h1,3-4,10,12-13H,2,5-9,11H2,(H,19,21)(H,23,24)/t12-,13+/m0/s1. The Morgan fingerprint density at radius 1 is 1.32 bits per heavy atom. The van der Waals surface area contributed by atoms with Crippen LogP contribution in [0.1, 0.15) is 32.1 Å². The van der Waals surface area contributed by atoms with Crippen LogP contribution in [-0.2, 0) is 14.4 Å². The van der Waals surface area contributed by atoms with E-state index >= 15 is 0 Å². The molecule has 0 aromatic heterocycles. The van der Waals surface area contributed by atoms with Crippen molar-refractivity contribution >= 4 is 23.5 Å². The fourth-order valence-corrected chi connectivity index (χ4v) is 3.42. The first-order valence-corrected chi connectivity index (χ1v) is 8.58. The predicted molar refractivity (Wildman–Crippen MR) is 90.4 cm³/mol. The van der Waals surface area contributed by atoms with Gasteiger partial charge in [-0.15, -0.1) is 0 Å². The zero-order chi connectivity index (χ0) is 17.8. The van der Waals surface area contributed by atoms with Gasteiger partial charge >= 0.3 is 5.97 Å². The molecule has 1 aromatic rings.